The van der Waals surface area contributed by atoms with E-state index in [4.69, 9.17) is 25.7 Å². The van der Waals surface area contributed by atoms with E-state index in [0.717, 1.165) is 0 Å². The molecule has 0 amide bonds. The van der Waals surface area contributed by atoms with Gasteiger partial charge in [-0.15, -0.1) is 0 Å². The largest absolute Gasteiger partial charge is 0.575 e. The molecule has 0 saturated heterocycles. The topological polar surface area (TPSA) is 156 Å². The van der Waals surface area contributed by atoms with Crippen LogP contribution in [0.4, 0.5) is 0 Å². The summed E-state index contributed by atoms with van der Waals surface area (Å²) in [7, 11) is 0. The lowest BCUT2D eigenvalue weighted by atomic mass is 9.78. The van der Waals surface area contributed by atoms with Crippen molar-refractivity contribution in [2.75, 3.05) is 0 Å². The number of nitriles is 3. The van der Waals surface area contributed by atoms with Crippen LogP contribution in [0.1, 0.15) is 25.3 Å². The fraction of sp³-hybridized carbons (Fsp3) is 0.263. The molecule has 2 atom stereocenters. The Morgan fingerprint density at radius 2 is 1.74 bits per heavy atom. The number of carbonyl (C=O) groups is 1. The average Bonchev–Trinajstić information content (AvgIpc) is 2.61. The van der Waals surface area contributed by atoms with Crippen molar-refractivity contribution in [2.24, 2.45) is 11.7 Å². The summed E-state index contributed by atoms with van der Waals surface area (Å²) >= 11 is 0. The van der Waals surface area contributed by atoms with E-state index in [0.29, 0.717) is 5.56 Å². The molecule has 0 bridgehead atoms. The van der Waals surface area contributed by atoms with Gasteiger partial charge >= 0.3 is 5.97 Å². The second-order valence-electron chi connectivity index (χ2n) is 6.14. The molecule has 1 heterocycles. The molecule has 8 nitrogen and oxygen atoms in total. The number of esters is 1. The maximum absolute atomic E-state index is 12.5. The standard InChI is InChI=1S/C19H16N4O4/c1-19(2)26-17(24)15(18(25)27-19)14(11-6-4-3-5-7-11)13(10-22)16(23)12(8-20)9-21/h3-7,13-14,24H,23H2,1-2H3/p-1. The zero-order valence-corrected chi connectivity index (χ0v) is 14.6. The normalized spacial score (nSPS) is 17.2. The molecule has 2 rings (SSSR count). The van der Waals surface area contributed by atoms with Gasteiger partial charge < -0.3 is 20.3 Å². The smallest absolute Gasteiger partial charge is 0.337 e. The van der Waals surface area contributed by atoms with Gasteiger partial charge in [-0.25, -0.2) is 4.79 Å². The van der Waals surface area contributed by atoms with E-state index in [9.17, 15) is 15.2 Å². The Balaban J connectivity index is 2.73. The summed E-state index contributed by atoms with van der Waals surface area (Å²) in [5.74, 6) is -5.86. The molecular formula is C19H15N4O4-. The van der Waals surface area contributed by atoms with Crippen molar-refractivity contribution in [3.63, 3.8) is 0 Å². The fourth-order valence-electron chi connectivity index (χ4n) is 2.73. The van der Waals surface area contributed by atoms with Crippen LogP contribution in [0.5, 0.6) is 0 Å². The fourth-order valence-corrected chi connectivity index (χ4v) is 2.73. The molecule has 2 unspecified atom stereocenters. The molecule has 8 heteroatoms. The lowest BCUT2D eigenvalue weighted by molar-refractivity contribution is -0.394. The highest BCUT2D eigenvalue weighted by molar-refractivity contribution is 5.91. The van der Waals surface area contributed by atoms with E-state index < -0.39 is 40.7 Å². The molecule has 1 aliphatic rings. The first kappa shape index (κ1) is 19.4. The van der Waals surface area contributed by atoms with Crippen molar-refractivity contribution in [3.05, 3.63) is 58.7 Å². The van der Waals surface area contributed by atoms with Gasteiger partial charge in [-0.3, -0.25) is 0 Å². The number of hydrogen-bond donors (Lipinski definition) is 1. The number of benzene rings is 1. The average molecular weight is 363 g/mol. The van der Waals surface area contributed by atoms with Crippen LogP contribution in [0.15, 0.2) is 53.1 Å². The third-order valence-corrected chi connectivity index (χ3v) is 3.91. The summed E-state index contributed by atoms with van der Waals surface area (Å²) in [5.41, 5.74) is 5.05. The van der Waals surface area contributed by atoms with Gasteiger partial charge in [0.1, 0.15) is 17.7 Å². The number of nitrogens with two attached hydrogens (primary N) is 1. The van der Waals surface area contributed by atoms with Gasteiger partial charge in [0.05, 0.1) is 29.2 Å². The number of ether oxygens (including phenoxy) is 2. The van der Waals surface area contributed by atoms with E-state index in [1.165, 1.54) is 13.8 Å². The van der Waals surface area contributed by atoms with Gasteiger partial charge in [-0.1, -0.05) is 30.3 Å². The molecule has 136 valence electrons. The van der Waals surface area contributed by atoms with Crippen molar-refractivity contribution in [1.82, 2.24) is 0 Å². The quantitative estimate of drug-likeness (QED) is 0.614. The van der Waals surface area contributed by atoms with Crippen molar-refractivity contribution >= 4 is 5.97 Å². The van der Waals surface area contributed by atoms with Crippen molar-refractivity contribution in [3.8, 4) is 18.2 Å². The molecule has 0 saturated carbocycles. The van der Waals surface area contributed by atoms with Crippen LogP contribution in [0.25, 0.3) is 0 Å². The minimum atomic E-state index is -1.45. The highest BCUT2D eigenvalue weighted by Gasteiger charge is 2.39. The lowest BCUT2D eigenvalue weighted by Gasteiger charge is -2.41. The Bertz CT molecular complexity index is 927. The van der Waals surface area contributed by atoms with Gasteiger partial charge in [0, 0.05) is 5.92 Å². The Kier molecular flexibility index (Phi) is 5.39. The SMILES string of the molecule is CC1(C)OC(=O)C(C(c2ccccc2)C(C#N)C(N)=C(C#N)C#N)=C([O-])O1. The minimum absolute atomic E-state index is 0.339. The number of nitrogens with zero attached hydrogens (tertiary/aromatic N) is 3. The first-order valence-electron chi connectivity index (χ1n) is 7.83. The van der Waals surface area contributed by atoms with Crippen molar-refractivity contribution < 1.29 is 19.4 Å². The molecule has 0 aromatic heterocycles. The maximum Gasteiger partial charge on any atom is 0.337 e. The third-order valence-electron chi connectivity index (χ3n) is 3.91. The summed E-state index contributed by atoms with van der Waals surface area (Å²) in [6.07, 6.45) is 0. The van der Waals surface area contributed by atoms with Gasteiger partial charge in [0.15, 0.2) is 5.79 Å². The van der Waals surface area contributed by atoms with E-state index in [1.54, 1.807) is 42.5 Å². The first-order valence-corrected chi connectivity index (χ1v) is 7.83. The van der Waals surface area contributed by atoms with Crippen LogP contribution in [-0.4, -0.2) is 11.8 Å². The predicted molar refractivity (Wildman–Crippen MR) is 89.0 cm³/mol. The summed E-state index contributed by atoms with van der Waals surface area (Å²) in [6, 6.07) is 13.3. The van der Waals surface area contributed by atoms with E-state index >= 15 is 0 Å². The van der Waals surface area contributed by atoms with Crippen LogP contribution >= 0.6 is 0 Å². The molecule has 2 N–H and O–H groups in total. The Hall–Kier alpha value is -3.96. The number of rotatable bonds is 4. The molecule has 1 aromatic rings. The molecular weight excluding hydrogens is 348 g/mol. The second-order valence-corrected chi connectivity index (χ2v) is 6.14. The van der Waals surface area contributed by atoms with E-state index in [1.807, 2.05) is 6.07 Å². The minimum Gasteiger partial charge on any atom is -0.575 e. The van der Waals surface area contributed by atoms with Crippen LogP contribution in [0.2, 0.25) is 0 Å². The van der Waals surface area contributed by atoms with Crippen LogP contribution in [0, 0.1) is 39.9 Å². The molecule has 0 aliphatic carbocycles. The second kappa shape index (κ2) is 7.51. The van der Waals surface area contributed by atoms with Gasteiger partial charge in [-0.05, 0) is 19.4 Å². The molecule has 1 aromatic carbocycles. The highest BCUT2D eigenvalue weighted by atomic mass is 16.8. The zero-order valence-electron chi connectivity index (χ0n) is 14.6. The third kappa shape index (κ3) is 3.84. The van der Waals surface area contributed by atoms with Crippen LogP contribution in [0.3, 0.4) is 0 Å². The summed E-state index contributed by atoms with van der Waals surface area (Å²) in [6.45, 7) is 2.80. The van der Waals surface area contributed by atoms with Gasteiger partial charge in [0.25, 0.3) is 0 Å². The summed E-state index contributed by atoms with van der Waals surface area (Å²) in [4.78, 5) is 12.5. The Morgan fingerprint density at radius 1 is 1.15 bits per heavy atom. The Morgan fingerprint density at radius 3 is 2.22 bits per heavy atom. The number of hydrogen-bond acceptors (Lipinski definition) is 8. The monoisotopic (exact) mass is 363 g/mol. The number of allylic oxidation sites excluding steroid dienone is 2. The molecule has 0 fully saturated rings. The van der Waals surface area contributed by atoms with Gasteiger partial charge in [-0.2, -0.15) is 15.8 Å². The molecule has 27 heavy (non-hydrogen) atoms. The van der Waals surface area contributed by atoms with Gasteiger partial charge in [0.2, 0.25) is 0 Å². The number of cyclic esters (lactones) is 1. The van der Waals surface area contributed by atoms with Crippen LogP contribution < -0.4 is 10.8 Å². The summed E-state index contributed by atoms with van der Waals surface area (Å²) < 4.78 is 10.3. The predicted octanol–water partition coefficient (Wildman–Crippen LogP) is 1.05. The Labute approximate surface area is 155 Å². The number of carbonyl (C=O) groups excluding carboxylic acids is 1. The zero-order chi connectivity index (χ0) is 20.2. The molecule has 1 aliphatic heterocycles. The molecule has 0 radical (unpaired) electrons. The van der Waals surface area contributed by atoms with E-state index in [-0.39, 0.29) is 5.70 Å². The highest BCUT2D eigenvalue weighted by Crippen LogP contribution is 2.40. The summed E-state index contributed by atoms with van der Waals surface area (Å²) in [5, 5.41) is 40.3. The maximum atomic E-state index is 12.5. The lowest BCUT2D eigenvalue weighted by Crippen LogP contribution is -2.42. The first-order chi connectivity index (χ1) is 12.8. The van der Waals surface area contributed by atoms with Crippen molar-refractivity contribution in [2.45, 2.75) is 25.6 Å². The van der Waals surface area contributed by atoms with Crippen LogP contribution in [-0.2, 0) is 14.3 Å². The molecule has 0 spiro atoms. The van der Waals surface area contributed by atoms with Crippen molar-refractivity contribution in [1.29, 1.82) is 15.8 Å². The van der Waals surface area contributed by atoms with E-state index in [2.05, 4.69) is 0 Å².